The monoisotopic (exact) mass is 362 g/mol. The van der Waals surface area contributed by atoms with E-state index in [0.717, 1.165) is 27.3 Å². The van der Waals surface area contributed by atoms with Gasteiger partial charge >= 0.3 is 0 Å². The number of carbonyl (C=O) groups is 2. The molecule has 126 valence electrons. The molecule has 6 nitrogen and oxygen atoms in total. The number of hydrogen-bond acceptors (Lipinski definition) is 7. The van der Waals surface area contributed by atoms with Crippen molar-refractivity contribution in [3.63, 3.8) is 0 Å². The molecule has 1 aliphatic heterocycles. The van der Waals surface area contributed by atoms with Crippen molar-refractivity contribution in [1.82, 2.24) is 10.2 Å². The van der Waals surface area contributed by atoms with Crippen LogP contribution in [0.5, 0.6) is 0 Å². The Kier molecular flexibility index (Phi) is 5.15. The molecule has 8 heteroatoms. The van der Waals surface area contributed by atoms with E-state index in [4.69, 9.17) is 0 Å². The number of carbonyl (C=O) groups excluding carboxylic acids is 2. The fourth-order valence-electron chi connectivity index (χ4n) is 2.24. The van der Waals surface area contributed by atoms with Gasteiger partial charge in [-0.1, -0.05) is 36.9 Å². The molecule has 1 aromatic heterocycles. The SMILES string of the molecule is CC(C)CNc1nnc(SCC(=O)c2ccc3c(c2)CC(=O)N3)s1. The van der Waals surface area contributed by atoms with E-state index in [0.29, 0.717) is 23.7 Å². The summed E-state index contributed by atoms with van der Waals surface area (Å²) in [6.07, 6.45) is 0.338. The predicted molar refractivity (Wildman–Crippen MR) is 97.1 cm³/mol. The average Bonchev–Trinajstić information content (AvgIpc) is 3.14. The minimum Gasteiger partial charge on any atom is -0.360 e. The number of nitrogens with zero attached hydrogens (tertiary/aromatic N) is 2. The van der Waals surface area contributed by atoms with Crippen LogP contribution in [0.15, 0.2) is 22.5 Å². The van der Waals surface area contributed by atoms with E-state index >= 15 is 0 Å². The Balaban J connectivity index is 1.56. The Morgan fingerprint density at radius 3 is 3.04 bits per heavy atom. The number of ketones is 1. The third-order valence-corrected chi connectivity index (χ3v) is 5.46. The van der Waals surface area contributed by atoms with Gasteiger partial charge in [0.05, 0.1) is 12.2 Å². The molecule has 0 spiro atoms. The quantitative estimate of drug-likeness (QED) is 0.582. The van der Waals surface area contributed by atoms with Gasteiger partial charge in [-0.3, -0.25) is 9.59 Å². The number of fused-ring (bicyclic) bond motifs is 1. The molecule has 0 bridgehead atoms. The number of thioether (sulfide) groups is 1. The highest BCUT2D eigenvalue weighted by molar-refractivity contribution is 8.01. The van der Waals surface area contributed by atoms with Gasteiger partial charge < -0.3 is 10.6 Å². The van der Waals surface area contributed by atoms with Crippen molar-refractivity contribution >= 4 is 45.6 Å². The first kappa shape index (κ1) is 16.9. The van der Waals surface area contributed by atoms with Crippen LogP contribution in [0.25, 0.3) is 0 Å². The summed E-state index contributed by atoms with van der Waals surface area (Å²) in [6, 6.07) is 5.34. The third-order valence-electron chi connectivity index (χ3n) is 3.45. The Bertz CT molecular complexity index is 773. The Hall–Kier alpha value is -1.93. The lowest BCUT2D eigenvalue weighted by Gasteiger charge is -2.03. The third kappa shape index (κ3) is 4.12. The molecule has 2 N–H and O–H groups in total. The highest BCUT2D eigenvalue weighted by Gasteiger charge is 2.19. The smallest absolute Gasteiger partial charge is 0.228 e. The fourth-order valence-corrected chi connectivity index (χ4v) is 3.90. The second-order valence-corrected chi connectivity index (χ2v) is 8.16. The molecule has 2 heterocycles. The molecule has 3 rings (SSSR count). The summed E-state index contributed by atoms with van der Waals surface area (Å²) in [5.74, 6) is 0.833. The van der Waals surface area contributed by atoms with Gasteiger partial charge in [0.15, 0.2) is 10.1 Å². The van der Waals surface area contributed by atoms with Gasteiger partial charge in [0.1, 0.15) is 0 Å². The number of Topliss-reactive ketones (excluding diaryl/α,β-unsaturated/α-hetero) is 1. The second kappa shape index (κ2) is 7.31. The second-order valence-electron chi connectivity index (χ2n) is 5.96. The fraction of sp³-hybridized carbons (Fsp3) is 0.375. The molecule has 0 aliphatic carbocycles. The molecule has 2 aromatic rings. The first-order valence-electron chi connectivity index (χ1n) is 7.67. The van der Waals surface area contributed by atoms with Crippen LogP contribution in [0.1, 0.15) is 29.8 Å². The van der Waals surface area contributed by atoms with Crippen molar-refractivity contribution in [3.8, 4) is 0 Å². The number of aromatic nitrogens is 2. The topological polar surface area (TPSA) is 84.0 Å². The molecular weight excluding hydrogens is 344 g/mol. The minimum absolute atomic E-state index is 0.0223. The summed E-state index contributed by atoms with van der Waals surface area (Å²) < 4.78 is 0.771. The van der Waals surface area contributed by atoms with E-state index in [1.807, 2.05) is 0 Å². The molecule has 24 heavy (non-hydrogen) atoms. The molecule has 0 radical (unpaired) electrons. The summed E-state index contributed by atoms with van der Waals surface area (Å²) in [5.41, 5.74) is 2.31. The van der Waals surface area contributed by atoms with Crippen LogP contribution < -0.4 is 10.6 Å². The van der Waals surface area contributed by atoms with Crippen LogP contribution in [-0.4, -0.2) is 34.2 Å². The van der Waals surface area contributed by atoms with Gasteiger partial charge in [0.25, 0.3) is 0 Å². The van der Waals surface area contributed by atoms with Crippen LogP contribution in [0.4, 0.5) is 10.8 Å². The molecule has 0 saturated heterocycles. The van der Waals surface area contributed by atoms with Crippen molar-refractivity contribution in [3.05, 3.63) is 29.3 Å². The summed E-state index contributed by atoms with van der Waals surface area (Å²) in [4.78, 5) is 23.7. The number of anilines is 2. The predicted octanol–water partition coefficient (Wildman–Crippen LogP) is 3.08. The van der Waals surface area contributed by atoms with Crippen LogP contribution in [-0.2, 0) is 11.2 Å². The lowest BCUT2D eigenvalue weighted by Crippen LogP contribution is -2.07. The summed E-state index contributed by atoms with van der Waals surface area (Å²) in [5, 5.41) is 14.9. The maximum atomic E-state index is 12.3. The van der Waals surface area contributed by atoms with Crippen molar-refractivity contribution in [1.29, 1.82) is 0 Å². The van der Waals surface area contributed by atoms with E-state index in [1.165, 1.54) is 23.1 Å². The van der Waals surface area contributed by atoms with Crippen molar-refractivity contribution in [2.24, 2.45) is 5.92 Å². The summed E-state index contributed by atoms with van der Waals surface area (Å²) >= 11 is 2.84. The van der Waals surface area contributed by atoms with E-state index in [2.05, 4.69) is 34.7 Å². The lowest BCUT2D eigenvalue weighted by atomic mass is 10.1. The summed E-state index contributed by atoms with van der Waals surface area (Å²) in [6.45, 7) is 5.10. The van der Waals surface area contributed by atoms with Gasteiger partial charge in [-0.25, -0.2) is 0 Å². The first-order chi connectivity index (χ1) is 11.5. The average molecular weight is 362 g/mol. The number of nitrogens with one attached hydrogen (secondary N) is 2. The van der Waals surface area contributed by atoms with Crippen molar-refractivity contribution in [2.75, 3.05) is 22.9 Å². The highest BCUT2D eigenvalue weighted by Crippen LogP contribution is 2.28. The van der Waals surface area contributed by atoms with Crippen molar-refractivity contribution in [2.45, 2.75) is 24.6 Å². The zero-order valence-electron chi connectivity index (χ0n) is 13.5. The van der Waals surface area contributed by atoms with E-state index in [1.54, 1.807) is 18.2 Å². The largest absolute Gasteiger partial charge is 0.360 e. The van der Waals surface area contributed by atoms with Crippen LogP contribution in [0.2, 0.25) is 0 Å². The summed E-state index contributed by atoms with van der Waals surface area (Å²) in [7, 11) is 0. The molecular formula is C16H18N4O2S2. The Morgan fingerprint density at radius 2 is 2.25 bits per heavy atom. The van der Waals surface area contributed by atoms with Gasteiger partial charge in [0, 0.05) is 17.8 Å². The van der Waals surface area contributed by atoms with Crippen LogP contribution >= 0.6 is 23.1 Å². The first-order valence-corrected chi connectivity index (χ1v) is 9.47. The minimum atomic E-state index is -0.0285. The van der Waals surface area contributed by atoms with E-state index in [9.17, 15) is 9.59 Å². The lowest BCUT2D eigenvalue weighted by molar-refractivity contribution is -0.115. The molecule has 1 amide bonds. The maximum Gasteiger partial charge on any atom is 0.228 e. The van der Waals surface area contributed by atoms with Gasteiger partial charge in [-0.2, -0.15) is 0 Å². The number of benzene rings is 1. The van der Waals surface area contributed by atoms with Crippen molar-refractivity contribution < 1.29 is 9.59 Å². The molecule has 1 aromatic carbocycles. The molecule has 0 unspecified atom stereocenters. The maximum absolute atomic E-state index is 12.3. The van der Waals surface area contributed by atoms with Gasteiger partial charge in [0.2, 0.25) is 11.0 Å². The van der Waals surface area contributed by atoms with Crippen LogP contribution in [0.3, 0.4) is 0 Å². The normalized spacial score (nSPS) is 13.0. The number of amides is 1. The zero-order valence-corrected chi connectivity index (χ0v) is 15.1. The van der Waals surface area contributed by atoms with E-state index < -0.39 is 0 Å². The zero-order chi connectivity index (χ0) is 17.1. The Labute approximate surface area is 148 Å². The van der Waals surface area contributed by atoms with E-state index in [-0.39, 0.29) is 11.7 Å². The molecule has 0 saturated carbocycles. The van der Waals surface area contributed by atoms with Gasteiger partial charge in [-0.05, 0) is 29.7 Å². The number of hydrogen-bond donors (Lipinski definition) is 2. The standard InChI is InChI=1S/C16H18N4O2S2/c1-9(2)7-17-15-19-20-16(24-15)23-8-13(21)10-3-4-12-11(5-10)6-14(22)18-12/h3-5,9H,6-8H2,1-2H3,(H,17,19)(H,18,22). The molecule has 0 fully saturated rings. The molecule has 1 aliphatic rings. The Morgan fingerprint density at radius 1 is 1.42 bits per heavy atom. The highest BCUT2D eigenvalue weighted by atomic mass is 32.2. The molecule has 0 atom stereocenters. The van der Waals surface area contributed by atoms with Crippen LogP contribution in [0, 0.1) is 5.92 Å². The van der Waals surface area contributed by atoms with Gasteiger partial charge in [-0.15, -0.1) is 10.2 Å². The number of rotatable bonds is 7.